The first-order valence-electron chi connectivity index (χ1n) is 6.20. The molecule has 1 atom stereocenters. The van der Waals surface area contributed by atoms with E-state index in [-0.39, 0.29) is 18.4 Å². The molecule has 1 aromatic heterocycles. The Kier molecular flexibility index (Phi) is 3.96. The third-order valence-electron chi connectivity index (χ3n) is 3.32. The first kappa shape index (κ1) is 12.6. The molecule has 1 fully saturated rings. The first-order valence-corrected chi connectivity index (χ1v) is 6.20. The van der Waals surface area contributed by atoms with E-state index in [1.165, 1.54) is 6.20 Å². The van der Waals surface area contributed by atoms with E-state index in [1.54, 1.807) is 11.1 Å². The molecule has 2 heterocycles. The summed E-state index contributed by atoms with van der Waals surface area (Å²) >= 11 is 0. The predicted octanol–water partition coefficient (Wildman–Crippen LogP) is 1.27. The maximum absolute atomic E-state index is 12.2. The van der Waals surface area contributed by atoms with E-state index in [9.17, 15) is 9.59 Å². The van der Waals surface area contributed by atoms with Gasteiger partial charge in [0.2, 0.25) is 0 Å². The maximum atomic E-state index is 12.2. The summed E-state index contributed by atoms with van der Waals surface area (Å²) in [4.78, 5) is 24.7. The number of H-pyrrole nitrogens is 1. The summed E-state index contributed by atoms with van der Waals surface area (Å²) in [6.45, 7) is 0.703. The lowest BCUT2D eigenvalue weighted by molar-refractivity contribution is -0.137. The molecule has 6 heteroatoms. The Labute approximate surface area is 105 Å². The van der Waals surface area contributed by atoms with Gasteiger partial charge < -0.3 is 10.0 Å². The Morgan fingerprint density at radius 2 is 2.33 bits per heavy atom. The number of amides is 1. The second-order valence-electron chi connectivity index (χ2n) is 4.57. The number of piperidine rings is 1. The SMILES string of the molecule is O=C(O)CCC1CCCCN1C(=O)c1cn[nH]c1. The summed E-state index contributed by atoms with van der Waals surface area (Å²) in [5, 5.41) is 15.1. The van der Waals surface area contributed by atoms with Crippen molar-refractivity contribution in [3.8, 4) is 0 Å². The van der Waals surface area contributed by atoms with Crippen LogP contribution in [-0.2, 0) is 4.79 Å². The minimum Gasteiger partial charge on any atom is -0.481 e. The highest BCUT2D eigenvalue weighted by atomic mass is 16.4. The highest BCUT2D eigenvalue weighted by Gasteiger charge is 2.28. The van der Waals surface area contributed by atoms with E-state index in [0.717, 1.165) is 19.3 Å². The third-order valence-corrected chi connectivity index (χ3v) is 3.32. The van der Waals surface area contributed by atoms with Gasteiger partial charge in [0.05, 0.1) is 11.8 Å². The molecule has 1 saturated heterocycles. The Bertz CT molecular complexity index is 416. The van der Waals surface area contributed by atoms with Gasteiger partial charge in [-0.25, -0.2) is 0 Å². The van der Waals surface area contributed by atoms with Crippen LogP contribution in [0.4, 0.5) is 0 Å². The van der Waals surface area contributed by atoms with Gasteiger partial charge in [0.15, 0.2) is 0 Å². The van der Waals surface area contributed by atoms with E-state index in [4.69, 9.17) is 5.11 Å². The van der Waals surface area contributed by atoms with Crippen molar-refractivity contribution < 1.29 is 14.7 Å². The van der Waals surface area contributed by atoms with Crippen molar-refractivity contribution >= 4 is 11.9 Å². The Morgan fingerprint density at radius 1 is 1.50 bits per heavy atom. The summed E-state index contributed by atoms with van der Waals surface area (Å²) in [5.74, 6) is -0.866. The topological polar surface area (TPSA) is 86.3 Å². The number of aromatic nitrogens is 2. The first-order chi connectivity index (χ1) is 8.68. The van der Waals surface area contributed by atoms with Crippen LogP contribution in [0.3, 0.4) is 0 Å². The van der Waals surface area contributed by atoms with Crippen LogP contribution in [0, 0.1) is 0 Å². The second-order valence-corrected chi connectivity index (χ2v) is 4.57. The number of carbonyl (C=O) groups is 2. The number of carboxylic acids is 1. The molecule has 18 heavy (non-hydrogen) atoms. The van der Waals surface area contributed by atoms with Crippen LogP contribution in [0.5, 0.6) is 0 Å². The number of nitrogens with zero attached hydrogens (tertiary/aromatic N) is 2. The fourth-order valence-corrected chi connectivity index (χ4v) is 2.39. The van der Waals surface area contributed by atoms with E-state index < -0.39 is 5.97 Å². The Balaban J connectivity index is 2.03. The summed E-state index contributed by atoms with van der Waals surface area (Å²) < 4.78 is 0. The summed E-state index contributed by atoms with van der Waals surface area (Å²) in [6.07, 6.45) is 6.64. The van der Waals surface area contributed by atoms with Crippen LogP contribution >= 0.6 is 0 Å². The molecule has 0 aliphatic carbocycles. The molecule has 2 rings (SSSR count). The molecule has 0 radical (unpaired) electrons. The average molecular weight is 251 g/mol. The maximum Gasteiger partial charge on any atom is 0.303 e. The molecule has 6 nitrogen and oxygen atoms in total. The van der Waals surface area contributed by atoms with Gasteiger partial charge in [-0.05, 0) is 25.7 Å². The Hall–Kier alpha value is -1.85. The molecule has 1 unspecified atom stereocenters. The molecule has 1 amide bonds. The molecular weight excluding hydrogens is 234 g/mol. The van der Waals surface area contributed by atoms with E-state index in [2.05, 4.69) is 10.2 Å². The predicted molar refractivity (Wildman–Crippen MR) is 64.1 cm³/mol. The molecule has 0 spiro atoms. The zero-order valence-electron chi connectivity index (χ0n) is 10.1. The number of aromatic amines is 1. The molecule has 1 aromatic rings. The highest BCUT2D eigenvalue weighted by molar-refractivity contribution is 5.94. The fourth-order valence-electron chi connectivity index (χ4n) is 2.39. The number of nitrogens with one attached hydrogen (secondary N) is 1. The molecule has 1 aliphatic rings. The number of likely N-dealkylation sites (tertiary alicyclic amines) is 1. The Morgan fingerprint density at radius 3 is 3.00 bits per heavy atom. The van der Waals surface area contributed by atoms with E-state index in [1.807, 2.05) is 0 Å². The second kappa shape index (κ2) is 5.66. The molecule has 0 bridgehead atoms. The number of carboxylic acid groups (broad SMARTS) is 1. The third kappa shape index (κ3) is 2.88. The highest BCUT2D eigenvalue weighted by Crippen LogP contribution is 2.22. The molecule has 2 N–H and O–H groups in total. The summed E-state index contributed by atoms with van der Waals surface area (Å²) in [7, 11) is 0. The number of rotatable bonds is 4. The van der Waals surface area contributed by atoms with Crippen molar-refractivity contribution in [1.29, 1.82) is 0 Å². The quantitative estimate of drug-likeness (QED) is 0.843. The largest absolute Gasteiger partial charge is 0.481 e. The zero-order valence-corrected chi connectivity index (χ0v) is 10.1. The molecule has 1 aliphatic heterocycles. The van der Waals surface area contributed by atoms with Gasteiger partial charge in [0.25, 0.3) is 5.91 Å². The van der Waals surface area contributed by atoms with Crippen molar-refractivity contribution in [2.75, 3.05) is 6.54 Å². The van der Waals surface area contributed by atoms with Crippen LogP contribution in [-0.4, -0.2) is 44.7 Å². The van der Waals surface area contributed by atoms with Crippen LogP contribution in [0.15, 0.2) is 12.4 Å². The van der Waals surface area contributed by atoms with Gasteiger partial charge in [0.1, 0.15) is 0 Å². The van der Waals surface area contributed by atoms with Crippen molar-refractivity contribution in [2.24, 2.45) is 0 Å². The number of carbonyl (C=O) groups excluding carboxylic acids is 1. The minimum absolute atomic E-state index is 0.0391. The van der Waals surface area contributed by atoms with Gasteiger partial charge in [-0.1, -0.05) is 0 Å². The van der Waals surface area contributed by atoms with Gasteiger partial charge in [-0.3, -0.25) is 14.7 Å². The van der Waals surface area contributed by atoms with Crippen LogP contribution < -0.4 is 0 Å². The lowest BCUT2D eigenvalue weighted by Crippen LogP contribution is -2.43. The zero-order chi connectivity index (χ0) is 13.0. The standard InChI is InChI=1S/C12H17N3O3/c16-11(17)5-4-10-3-1-2-6-15(10)12(18)9-7-13-14-8-9/h7-8,10H,1-6H2,(H,13,14)(H,16,17). The molecule has 0 aromatic carbocycles. The van der Waals surface area contributed by atoms with Gasteiger partial charge >= 0.3 is 5.97 Å². The molecular formula is C12H17N3O3. The summed E-state index contributed by atoms with van der Waals surface area (Å²) in [5.41, 5.74) is 0.539. The van der Waals surface area contributed by atoms with Gasteiger partial charge in [0, 0.05) is 25.2 Å². The monoisotopic (exact) mass is 251 g/mol. The van der Waals surface area contributed by atoms with Gasteiger partial charge in [-0.2, -0.15) is 5.10 Å². The fraction of sp³-hybridized carbons (Fsp3) is 0.583. The van der Waals surface area contributed by atoms with Crippen LogP contribution in [0.1, 0.15) is 42.5 Å². The molecule has 0 saturated carbocycles. The smallest absolute Gasteiger partial charge is 0.303 e. The molecule has 98 valence electrons. The number of hydrogen-bond acceptors (Lipinski definition) is 3. The van der Waals surface area contributed by atoms with Crippen LogP contribution in [0.2, 0.25) is 0 Å². The van der Waals surface area contributed by atoms with Gasteiger partial charge in [-0.15, -0.1) is 0 Å². The average Bonchev–Trinajstić information content (AvgIpc) is 2.89. The van der Waals surface area contributed by atoms with Crippen molar-refractivity contribution in [2.45, 2.75) is 38.1 Å². The van der Waals surface area contributed by atoms with Crippen molar-refractivity contribution in [3.63, 3.8) is 0 Å². The van der Waals surface area contributed by atoms with Crippen molar-refractivity contribution in [1.82, 2.24) is 15.1 Å². The van der Waals surface area contributed by atoms with Crippen molar-refractivity contribution in [3.05, 3.63) is 18.0 Å². The number of aliphatic carboxylic acids is 1. The van der Waals surface area contributed by atoms with E-state index >= 15 is 0 Å². The summed E-state index contributed by atoms with van der Waals surface area (Å²) in [6, 6.07) is 0.0391. The number of hydrogen-bond donors (Lipinski definition) is 2. The lowest BCUT2D eigenvalue weighted by Gasteiger charge is -2.35. The minimum atomic E-state index is -0.809. The van der Waals surface area contributed by atoms with E-state index in [0.29, 0.717) is 18.5 Å². The normalized spacial score (nSPS) is 19.8. The lowest BCUT2D eigenvalue weighted by atomic mass is 9.97. The van der Waals surface area contributed by atoms with Crippen LogP contribution in [0.25, 0.3) is 0 Å².